The molecule has 0 atom stereocenters. The zero-order valence-electron chi connectivity index (χ0n) is 12.3. The van der Waals surface area contributed by atoms with E-state index in [0.29, 0.717) is 17.3 Å². The van der Waals surface area contributed by atoms with E-state index in [1.54, 1.807) is 29.9 Å². The molecule has 0 aliphatic rings. The van der Waals surface area contributed by atoms with Crippen molar-refractivity contribution in [3.05, 3.63) is 41.2 Å². The number of carbonyl (C=O) groups is 1. The molecule has 2 rings (SSSR count). The Morgan fingerprint density at radius 3 is 2.86 bits per heavy atom. The minimum Gasteiger partial charge on any atom is -0.291 e. The summed E-state index contributed by atoms with van der Waals surface area (Å²) in [5.41, 5.74) is 1.31. The predicted octanol–water partition coefficient (Wildman–Crippen LogP) is 2.26. The summed E-state index contributed by atoms with van der Waals surface area (Å²) in [7, 11) is 1.74. The number of amides is 1. The van der Waals surface area contributed by atoms with Crippen LogP contribution in [0.3, 0.4) is 0 Å². The molecule has 0 bridgehead atoms. The fourth-order valence-electron chi connectivity index (χ4n) is 1.85. The number of hydrogen-bond donors (Lipinski definition) is 1. The second-order valence-electron chi connectivity index (χ2n) is 5.06. The second kappa shape index (κ2) is 6.18. The lowest BCUT2D eigenvalue weighted by Gasteiger charge is -2.04. The number of benzene rings is 1. The van der Waals surface area contributed by atoms with Crippen molar-refractivity contribution < 1.29 is 4.79 Å². The van der Waals surface area contributed by atoms with E-state index in [1.807, 2.05) is 19.9 Å². The van der Waals surface area contributed by atoms with Crippen molar-refractivity contribution in [3.63, 3.8) is 0 Å². The van der Waals surface area contributed by atoms with Crippen LogP contribution >= 0.6 is 0 Å². The van der Waals surface area contributed by atoms with Crippen LogP contribution in [0.1, 0.15) is 41.5 Å². The lowest BCUT2D eigenvalue weighted by molar-refractivity contribution is 0.102. The Labute approximate surface area is 123 Å². The van der Waals surface area contributed by atoms with Gasteiger partial charge in [-0.1, -0.05) is 26.0 Å². The van der Waals surface area contributed by atoms with E-state index < -0.39 is 0 Å². The molecule has 1 heterocycles. The Morgan fingerprint density at radius 1 is 1.48 bits per heavy atom. The molecule has 0 aliphatic heterocycles. The van der Waals surface area contributed by atoms with Gasteiger partial charge in [-0.05, 0) is 17.7 Å². The second-order valence-corrected chi connectivity index (χ2v) is 5.06. The van der Waals surface area contributed by atoms with Crippen molar-refractivity contribution in [1.29, 1.82) is 5.26 Å². The van der Waals surface area contributed by atoms with Crippen LogP contribution in [0.4, 0.5) is 5.95 Å². The van der Waals surface area contributed by atoms with Crippen LogP contribution in [0.15, 0.2) is 24.3 Å². The molecule has 0 aliphatic carbocycles. The molecular formula is C15H17N5O. The number of aromatic nitrogens is 3. The third-order valence-corrected chi connectivity index (χ3v) is 2.99. The number of carbonyl (C=O) groups excluding carboxylic acids is 1. The first-order valence-electron chi connectivity index (χ1n) is 6.69. The van der Waals surface area contributed by atoms with Crippen LogP contribution in [-0.2, 0) is 13.5 Å². The van der Waals surface area contributed by atoms with Gasteiger partial charge in [-0.2, -0.15) is 15.3 Å². The first kappa shape index (κ1) is 14.7. The largest absolute Gasteiger partial charge is 0.291 e. The van der Waals surface area contributed by atoms with Gasteiger partial charge in [0.15, 0.2) is 5.82 Å². The molecule has 2 aromatic rings. The van der Waals surface area contributed by atoms with Crippen LogP contribution in [0.2, 0.25) is 0 Å². The third kappa shape index (κ3) is 3.45. The van der Waals surface area contributed by atoms with E-state index in [-0.39, 0.29) is 18.2 Å². The van der Waals surface area contributed by atoms with Crippen LogP contribution in [-0.4, -0.2) is 20.7 Å². The normalized spacial score (nSPS) is 10.4. The number of hydrogen-bond acceptors (Lipinski definition) is 4. The first-order chi connectivity index (χ1) is 10.0. The highest BCUT2D eigenvalue weighted by atomic mass is 16.1. The van der Waals surface area contributed by atoms with Gasteiger partial charge in [0, 0.05) is 18.5 Å². The lowest BCUT2D eigenvalue weighted by Crippen LogP contribution is -2.15. The summed E-state index contributed by atoms with van der Waals surface area (Å²) < 4.78 is 1.55. The van der Waals surface area contributed by atoms with E-state index in [2.05, 4.69) is 21.5 Å². The van der Waals surface area contributed by atoms with Gasteiger partial charge in [0.25, 0.3) is 5.91 Å². The highest BCUT2D eigenvalue weighted by Gasteiger charge is 2.14. The molecule has 0 saturated heterocycles. The van der Waals surface area contributed by atoms with E-state index in [9.17, 15) is 4.79 Å². The molecule has 108 valence electrons. The minimum absolute atomic E-state index is 0.195. The zero-order chi connectivity index (χ0) is 15.4. The van der Waals surface area contributed by atoms with Crippen molar-refractivity contribution in [3.8, 4) is 6.07 Å². The summed E-state index contributed by atoms with van der Waals surface area (Å²) >= 11 is 0. The number of rotatable bonds is 4. The molecule has 1 aromatic heterocycles. The fraction of sp³-hybridized carbons (Fsp3) is 0.333. The number of nitriles is 1. The van der Waals surface area contributed by atoms with Crippen LogP contribution in [0, 0.1) is 11.3 Å². The molecule has 21 heavy (non-hydrogen) atoms. The van der Waals surface area contributed by atoms with Gasteiger partial charge in [-0.3, -0.25) is 10.1 Å². The first-order valence-corrected chi connectivity index (χ1v) is 6.69. The predicted molar refractivity (Wildman–Crippen MR) is 78.8 cm³/mol. The molecule has 6 heteroatoms. The molecule has 6 nitrogen and oxygen atoms in total. The standard InChI is InChI=1S/C15H17N5O/c1-10(2)13-17-15(20(3)19-13)18-14(21)12-6-4-5-11(9-12)7-8-16/h4-6,9-10H,7H2,1-3H3,(H,17,18,19,21). The van der Waals surface area contributed by atoms with Gasteiger partial charge in [-0.25, -0.2) is 4.68 Å². The van der Waals surface area contributed by atoms with Crippen molar-refractivity contribution in [2.45, 2.75) is 26.2 Å². The van der Waals surface area contributed by atoms with E-state index in [1.165, 1.54) is 0 Å². The van der Waals surface area contributed by atoms with Crippen molar-refractivity contribution in [2.75, 3.05) is 5.32 Å². The molecule has 1 aromatic carbocycles. The minimum atomic E-state index is -0.263. The quantitative estimate of drug-likeness (QED) is 0.932. The van der Waals surface area contributed by atoms with Crippen molar-refractivity contribution >= 4 is 11.9 Å². The molecule has 0 unspecified atom stereocenters. The number of aryl methyl sites for hydroxylation is 1. The lowest BCUT2D eigenvalue weighted by atomic mass is 10.1. The Kier molecular flexibility index (Phi) is 4.33. The van der Waals surface area contributed by atoms with E-state index in [4.69, 9.17) is 5.26 Å². The molecule has 0 spiro atoms. The Morgan fingerprint density at radius 2 is 2.24 bits per heavy atom. The van der Waals surface area contributed by atoms with E-state index in [0.717, 1.165) is 5.56 Å². The van der Waals surface area contributed by atoms with Crippen LogP contribution in [0.25, 0.3) is 0 Å². The highest BCUT2D eigenvalue weighted by Crippen LogP contribution is 2.13. The average molecular weight is 283 g/mol. The molecule has 1 N–H and O–H groups in total. The Hall–Kier alpha value is -2.68. The number of nitrogens with one attached hydrogen (secondary N) is 1. The fourth-order valence-corrected chi connectivity index (χ4v) is 1.85. The molecule has 0 saturated carbocycles. The van der Waals surface area contributed by atoms with E-state index >= 15 is 0 Å². The Bertz CT molecular complexity index is 696. The summed E-state index contributed by atoms with van der Waals surface area (Å²) in [4.78, 5) is 16.5. The summed E-state index contributed by atoms with van der Waals surface area (Å²) in [6.07, 6.45) is 0.280. The maximum atomic E-state index is 12.2. The molecular weight excluding hydrogens is 266 g/mol. The van der Waals surface area contributed by atoms with Gasteiger partial charge in [-0.15, -0.1) is 0 Å². The van der Waals surface area contributed by atoms with Crippen molar-refractivity contribution in [2.24, 2.45) is 7.05 Å². The summed E-state index contributed by atoms with van der Waals surface area (Å²) in [6.45, 7) is 3.98. The molecule has 0 radical (unpaired) electrons. The van der Waals surface area contributed by atoms with Gasteiger partial charge >= 0.3 is 0 Å². The Balaban J connectivity index is 2.18. The highest BCUT2D eigenvalue weighted by molar-refractivity contribution is 6.03. The maximum Gasteiger partial charge on any atom is 0.258 e. The van der Waals surface area contributed by atoms with Gasteiger partial charge < -0.3 is 0 Å². The summed E-state index contributed by atoms with van der Waals surface area (Å²) in [5, 5.41) is 15.7. The van der Waals surface area contributed by atoms with Crippen LogP contribution < -0.4 is 5.32 Å². The van der Waals surface area contributed by atoms with Gasteiger partial charge in [0.05, 0.1) is 12.5 Å². The third-order valence-electron chi connectivity index (χ3n) is 2.99. The number of anilines is 1. The maximum absolute atomic E-state index is 12.2. The van der Waals surface area contributed by atoms with Crippen LogP contribution in [0.5, 0.6) is 0 Å². The zero-order valence-corrected chi connectivity index (χ0v) is 12.3. The molecule has 1 amide bonds. The smallest absolute Gasteiger partial charge is 0.258 e. The van der Waals surface area contributed by atoms with Gasteiger partial charge in [0.2, 0.25) is 5.95 Å². The van der Waals surface area contributed by atoms with Crippen molar-refractivity contribution in [1.82, 2.24) is 14.8 Å². The SMILES string of the molecule is CC(C)c1nc(NC(=O)c2cccc(CC#N)c2)n(C)n1. The number of nitrogens with zero attached hydrogens (tertiary/aromatic N) is 4. The average Bonchev–Trinajstić information content (AvgIpc) is 2.81. The van der Waals surface area contributed by atoms with Gasteiger partial charge in [0.1, 0.15) is 0 Å². The summed E-state index contributed by atoms with van der Waals surface area (Å²) in [6, 6.07) is 9.06. The topological polar surface area (TPSA) is 83.6 Å². The monoisotopic (exact) mass is 283 g/mol. The molecule has 0 fully saturated rings. The summed E-state index contributed by atoms with van der Waals surface area (Å²) in [5.74, 6) is 1.03.